The van der Waals surface area contributed by atoms with Crippen LogP contribution in [0.15, 0.2) is 41.5 Å². The second-order valence-corrected chi connectivity index (χ2v) is 4.67. The molecule has 0 spiro atoms. The Bertz CT molecular complexity index is 552. The maximum absolute atomic E-state index is 11.5. The number of hydrogen-bond acceptors (Lipinski definition) is 3. The Kier molecular flexibility index (Phi) is 2.98. The number of piperidine rings is 1. The van der Waals surface area contributed by atoms with Gasteiger partial charge in [0.1, 0.15) is 6.33 Å². The highest BCUT2D eigenvalue weighted by atomic mass is 16.1. The average molecular weight is 244 g/mol. The van der Waals surface area contributed by atoms with E-state index < -0.39 is 0 Å². The summed E-state index contributed by atoms with van der Waals surface area (Å²) >= 11 is 0. The molecule has 1 fully saturated rings. The minimum atomic E-state index is -0.125. The molecule has 94 valence electrons. The van der Waals surface area contributed by atoms with Gasteiger partial charge < -0.3 is 5.32 Å². The minimum Gasteiger partial charge on any atom is -0.308 e. The van der Waals surface area contributed by atoms with E-state index in [2.05, 4.69) is 39.8 Å². The number of H-pyrrole nitrogens is 1. The Balaban J connectivity index is 1.69. The van der Waals surface area contributed by atoms with Gasteiger partial charge in [0.15, 0.2) is 0 Å². The van der Waals surface area contributed by atoms with E-state index >= 15 is 0 Å². The Hall–Kier alpha value is -1.88. The summed E-state index contributed by atoms with van der Waals surface area (Å²) in [6.07, 6.45) is 3.61. The Morgan fingerprint density at radius 1 is 1.22 bits per heavy atom. The van der Waals surface area contributed by atoms with Gasteiger partial charge in [-0.3, -0.25) is 4.57 Å². The van der Waals surface area contributed by atoms with E-state index in [4.69, 9.17) is 0 Å². The first-order chi connectivity index (χ1) is 8.84. The SMILES string of the molecule is O=c1[nH]ncn1C1CCC(c2ccccc2)NC1. The number of rotatable bonds is 2. The summed E-state index contributed by atoms with van der Waals surface area (Å²) in [6.45, 7) is 0.805. The van der Waals surface area contributed by atoms with Crippen molar-refractivity contribution in [1.82, 2.24) is 20.1 Å². The molecule has 2 N–H and O–H groups in total. The number of nitrogens with zero attached hydrogens (tertiary/aromatic N) is 2. The zero-order chi connectivity index (χ0) is 12.4. The standard InChI is InChI=1S/C13H16N4O/c18-13-16-15-9-17(13)11-6-7-12(14-8-11)10-4-2-1-3-5-10/h1-5,9,11-12,14H,6-8H2,(H,16,18). The highest BCUT2D eigenvalue weighted by Crippen LogP contribution is 2.27. The van der Waals surface area contributed by atoms with Gasteiger partial charge in [0.25, 0.3) is 0 Å². The molecular weight excluding hydrogens is 228 g/mol. The molecule has 0 amide bonds. The smallest absolute Gasteiger partial charge is 0.308 e. The van der Waals surface area contributed by atoms with E-state index in [1.807, 2.05) is 6.07 Å². The first kappa shape index (κ1) is 11.2. The normalized spacial score (nSPS) is 24.0. The second-order valence-electron chi connectivity index (χ2n) is 4.67. The Morgan fingerprint density at radius 3 is 2.67 bits per heavy atom. The van der Waals surface area contributed by atoms with Crippen molar-refractivity contribution in [2.24, 2.45) is 0 Å². The number of aromatic amines is 1. The lowest BCUT2D eigenvalue weighted by Gasteiger charge is -2.30. The van der Waals surface area contributed by atoms with E-state index in [1.165, 1.54) is 5.56 Å². The van der Waals surface area contributed by atoms with Crippen LogP contribution in [0.25, 0.3) is 0 Å². The Labute approximate surface area is 105 Å². The van der Waals surface area contributed by atoms with Crippen LogP contribution in [-0.2, 0) is 0 Å². The maximum Gasteiger partial charge on any atom is 0.343 e. The summed E-state index contributed by atoms with van der Waals surface area (Å²) in [5.74, 6) is 0. The lowest BCUT2D eigenvalue weighted by Crippen LogP contribution is -2.37. The maximum atomic E-state index is 11.5. The van der Waals surface area contributed by atoms with Crippen molar-refractivity contribution < 1.29 is 0 Å². The second kappa shape index (κ2) is 4.78. The van der Waals surface area contributed by atoms with E-state index in [-0.39, 0.29) is 11.7 Å². The number of hydrogen-bond donors (Lipinski definition) is 2. The van der Waals surface area contributed by atoms with Crippen molar-refractivity contribution in [3.63, 3.8) is 0 Å². The number of nitrogens with one attached hydrogen (secondary N) is 2. The van der Waals surface area contributed by atoms with Gasteiger partial charge in [-0.15, -0.1) is 0 Å². The van der Waals surface area contributed by atoms with E-state index in [0.717, 1.165) is 19.4 Å². The van der Waals surface area contributed by atoms with Gasteiger partial charge in [0.05, 0.1) is 6.04 Å². The number of benzene rings is 1. The molecule has 0 radical (unpaired) electrons. The van der Waals surface area contributed by atoms with Gasteiger partial charge in [-0.1, -0.05) is 30.3 Å². The summed E-state index contributed by atoms with van der Waals surface area (Å²) in [5, 5.41) is 9.71. The molecule has 0 bridgehead atoms. The van der Waals surface area contributed by atoms with Gasteiger partial charge >= 0.3 is 5.69 Å². The molecule has 1 aliphatic rings. The molecule has 5 nitrogen and oxygen atoms in total. The molecule has 2 heterocycles. The molecule has 1 aliphatic heterocycles. The highest BCUT2D eigenvalue weighted by molar-refractivity contribution is 5.19. The number of aromatic nitrogens is 3. The van der Waals surface area contributed by atoms with Crippen LogP contribution in [0.5, 0.6) is 0 Å². The molecule has 1 aromatic heterocycles. The zero-order valence-electron chi connectivity index (χ0n) is 10.0. The molecule has 2 aromatic rings. The molecule has 2 atom stereocenters. The zero-order valence-corrected chi connectivity index (χ0v) is 10.0. The molecular formula is C13H16N4O. The van der Waals surface area contributed by atoms with E-state index in [0.29, 0.717) is 6.04 Å². The minimum absolute atomic E-state index is 0.125. The average Bonchev–Trinajstić information content (AvgIpc) is 2.86. The van der Waals surface area contributed by atoms with Gasteiger partial charge in [0, 0.05) is 12.6 Å². The fourth-order valence-corrected chi connectivity index (χ4v) is 2.57. The lowest BCUT2D eigenvalue weighted by atomic mass is 9.95. The van der Waals surface area contributed by atoms with Crippen molar-refractivity contribution >= 4 is 0 Å². The third kappa shape index (κ3) is 2.09. The summed E-state index contributed by atoms with van der Waals surface area (Å²) in [7, 11) is 0. The molecule has 5 heteroatoms. The summed E-state index contributed by atoms with van der Waals surface area (Å²) in [5.41, 5.74) is 1.19. The summed E-state index contributed by atoms with van der Waals surface area (Å²) in [6, 6.07) is 11.0. The van der Waals surface area contributed by atoms with Crippen LogP contribution in [-0.4, -0.2) is 21.3 Å². The quantitative estimate of drug-likeness (QED) is 0.835. The first-order valence-electron chi connectivity index (χ1n) is 6.24. The van der Waals surface area contributed by atoms with Crippen molar-refractivity contribution in [2.75, 3.05) is 6.54 Å². The summed E-state index contributed by atoms with van der Waals surface area (Å²) < 4.78 is 1.67. The fourth-order valence-electron chi connectivity index (χ4n) is 2.57. The van der Waals surface area contributed by atoms with Crippen molar-refractivity contribution in [3.05, 3.63) is 52.7 Å². The fraction of sp³-hybridized carbons (Fsp3) is 0.385. The van der Waals surface area contributed by atoms with Crippen LogP contribution in [0, 0.1) is 0 Å². The molecule has 0 aliphatic carbocycles. The van der Waals surface area contributed by atoms with Crippen molar-refractivity contribution in [3.8, 4) is 0 Å². The summed E-state index contributed by atoms with van der Waals surface area (Å²) in [4.78, 5) is 11.5. The van der Waals surface area contributed by atoms with Crippen molar-refractivity contribution in [2.45, 2.75) is 24.9 Å². The molecule has 3 rings (SSSR count). The predicted octanol–water partition coefficient (Wildman–Crippen LogP) is 1.24. The molecule has 18 heavy (non-hydrogen) atoms. The third-order valence-electron chi connectivity index (χ3n) is 3.56. The first-order valence-corrected chi connectivity index (χ1v) is 6.24. The molecule has 1 aromatic carbocycles. The van der Waals surface area contributed by atoms with Gasteiger partial charge in [0.2, 0.25) is 0 Å². The lowest BCUT2D eigenvalue weighted by molar-refractivity contribution is 0.308. The van der Waals surface area contributed by atoms with Gasteiger partial charge in [-0.25, -0.2) is 9.89 Å². The molecule has 1 saturated heterocycles. The van der Waals surface area contributed by atoms with Crippen LogP contribution in [0.3, 0.4) is 0 Å². The van der Waals surface area contributed by atoms with Crippen molar-refractivity contribution in [1.29, 1.82) is 0 Å². The third-order valence-corrected chi connectivity index (χ3v) is 3.56. The molecule has 0 saturated carbocycles. The molecule has 2 unspecified atom stereocenters. The highest BCUT2D eigenvalue weighted by Gasteiger charge is 2.23. The van der Waals surface area contributed by atoms with Crippen LogP contribution in [0.1, 0.15) is 30.5 Å². The predicted molar refractivity (Wildman–Crippen MR) is 68.3 cm³/mol. The van der Waals surface area contributed by atoms with Crippen LogP contribution in [0.4, 0.5) is 0 Å². The largest absolute Gasteiger partial charge is 0.343 e. The van der Waals surface area contributed by atoms with Gasteiger partial charge in [-0.05, 0) is 18.4 Å². The van der Waals surface area contributed by atoms with E-state index in [1.54, 1.807) is 10.9 Å². The topological polar surface area (TPSA) is 62.7 Å². The Morgan fingerprint density at radius 2 is 2.06 bits per heavy atom. The van der Waals surface area contributed by atoms with Gasteiger partial charge in [-0.2, -0.15) is 5.10 Å². The van der Waals surface area contributed by atoms with E-state index in [9.17, 15) is 4.79 Å². The van der Waals surface area contributed by atoms with Crippen LogP contribution < -0.4 is 11.0 Å². The van der Waals surface area contributed by atoms with Crippen LogP contribution in [0.2, 0.25) is 0 Å². The monoisotopic (exact) mass is 244 g/mol. The van der Waals surface area contributed by atoms with Crippen LogP contribution >= 0.6 is 0 Å².